The van der Waals surface area contributed by atoms with E-state index in [1.807, 2.05) is 30.3 Å². The number of amides is 1. The molecule has 114 valence electrons. The highest BCUT2D eigenvalue weighted by atomic mass is 16.4. The molecule has 1 fully saturated rings. The first-order valence-electron chi connectivity index (χ1n) is 7.58. The molecule has 1 aliphatic heterocycles. The fourth-order valence-electron chi connectivity index (χ4n) is 3.13. The molecule has 21 heavy (non-hydrogen) atoms. The normalized spacial score (nSPS) is 23.0. The van der Waals surface area contributed by atoms with Crippen LogP contribution in [0.3, 0.4) is 0 Å². The molecule has 0 spiro atoms. The van der Waals surface area contributed by atoms with Crippen molar-refractivity contribution in [3.63, 3.8) is 0 Å². The van der Waals surface area contributed by atoms with Crippen molar-refractivity contribution in [1.29, 1.82) is 0 Å². The third-order valence-electron chi connectivity index (χ3n) is 4.59. The smallest absolute Gasteiger partial charge is 0.329 e. The first-order valence-corrected chi connectivity index (χ1v) is 7.58. The van der Waals surface area contributed by atoms with Crippen molar-refractivity contribution in [2.24, 2.45) is 0 Å². The van der Waals surface area contributed by atoms with Crippen molar-refractivity contribution >= 4 is 11.9 Å². The highest BCUT2D eigenvalue weighted by Crippen LogP contribution is 2.32. The van der Waals surface area contributed by atoms with Gasteiger partial charge in [0.05, 0.1) is 0 Å². The summed E-state index contributed by atoms with van der Waals surface area (Å²) in [5.74, 6) is -0.799. The molecule has 0 aromatic heterocycles. The fourth-order valence-corrected chi connectivity index (χ4v) is 3.13. The van der Waals surface area contributed by atoms with Crippen LogP contribution in [0.25, 0.3) is 0 Å². The second kappa shape index (κ2) is 6.29. The Hall–Kier alpha value is -1.84. The zero-order valence-electron chi connectivity index (χ0n) is 12.7. The lowest BCUT2D eigenvalue weighted by atomic mass is 9.91. The van der Waals surface area contributed by atoms with Gasteiger partial charge >= 0.3 is 5.97 Å². The Morgan fingerprint density at radius 1 is 1.33 bits per heavy atom. The average Bonchev–Trinajstić information content (AvgIpc) is 2.89. The largest absolute Gasteiger partial charge is 0.480 e. The molecule has 4 nitrogen and oxygen atoms in total. The third-order valence-corrected chi connectivity index (χ3v) is 4.59. The van der Waals surface area contributed by atoms with Gasteiger partial charge in [-0.15, -0.1) is 0 Å². The van der Waals surface area contributed by atoms with Gasteiger partial charge in [0, 0.05) is 13.0 Å². The summed E-state index contributed by atoms with van der Waals surface area (Å²) in [6.07, 6.45) is 2.55. The van der Waals surface area contributed by atoms with E-state index in [-0.39, 0.29) is 11.8 Å². The van der Waals surface area contributed by atoms with E-state index in [9.17, 15) is 14.7 Å². The maximum Gasteiger partial charge on any atom is 0.329 e. The third kappa shape index (κ3) is 3.09. The number of carbonyl (C=O) groups is 2. The highest BCUT2D eigenvalue weighted by molar-refractivity contribution is 5.87. The van der Waals surface area contributed by atoms with Crippen LogP contribution in [0.4, 0.5) is 0 Å². The van der Waals surface area contributed by atoms with Gasteiger partial charge < -0.3 is 10.0 Å². The van der Waals surface area contributed by atoms with E-state index in [1.54, 1.807) is 11.8 Å². The Bertz CT molecular complexity index is 514. The highest BCUT2D eigenvalue weighted by Gasteiger charge is 2.45. The van der Waals surface area contributed by atoms with Gasteiger partial charge in [-0.3, -0.25) is 4.79 Å². The Morgan fingerprint density at radius 3 is 2.57 bits per heavy atom. The van der Waals surface area contributed by atoms with Crippen molar-refractivity contribution in [1.82, 2.24) is 4.90 Å². The molecule has 0 aliphatic carbocycles. The van der Waals surface area contributed by atoms with E-state index in [2.05, 4.69) is 6.92 Å². The number of hydrogen-bond donors (Lipinski definition) is 1. The Labute approximate surface area is 125 Å². The molecule has 1 aromatic carbocycles. The zero-order valence-corrected chi connectivity index (χ0v) is 12.7. The van der Waals surface area contributed by atoms with E-state index in [0.29, 0.717) is 19.4 Å². The van der Waals surface area contributed by atoms with Gasteiger partial charge in [-0.1, -0.05) is 37.3 Å². The summed E-state index contributed by atoms with van der Waals surface area (Å²) in [5.41, 5.74) is 0.107. The minimum absolute atomic E-state index is 0.0481. The first-order chi connectivity index (χ1) is 9.99. The summed E-state index contributed by atoms with van der Waals surface area (Å²) in [6.45, 7) is 4.27. The summed E-state index contributed by atoms with van der Waals surface area (Å²) in [4.78, 5) is 25.6. The number of aliphatic carboxylic acids is 1. The summed E-state index contributed by atoms with van der Waals surface area (Å²) in [7, 11) is 0. The van der Waals surface area contributed by atoms with E-state index in [0.717, 1.165) is 18.4 Å². The SMILES string of the molecule is CCC(CC(=O)N1CCCC1(C)C(=O)O)c1ccccc1. The van der Waals surface area contributed by atoms with Gasteiger partial charge in [0.25, 0.3) is 0 Å². The minimum atomic E-state index is -1.04. The van der Waals surface area contributed by atoms with Crippen LogP contribution in [0.1, 0.15) is 51.0 Å². The molecular weight excluding hydrogens is 266 g/mol. The molecule has 1 saturated heterocycles. The lowest BCUT2D eigenvalue weighted by Crippen LogP contribution is -2.51. The van der Waals surface area contributed by atoms with Crippen LogP contribution in [0.15, 0.2) is 30.3 Å². The molecule has 2 rings (SSSR count). The molecule has 2 unspecified atom stereocenters. The number of rotatable bonds is 5. The minimum Gasteiger partial charge on any atom is -0.480 e. The van der Waals surface area contributed by atoms with Gasteiger partial charge in [0.15, 0.2) is 0 Å². The maximum atomic E-state index is 12.6. The predicted molar refractivity (Wildman–Crippen MR) is 81.1 cm³/mol. The number of carboxylic acids is 1. The standard InChI is InChI=1S/C17H23NO3/c1-3-13(14-8-5-4-6-9-14)12-15(19)18-11-7-10-17(18,2)16(20)21/h4-6,8-9,13H,3,7,10-12H2,1-2H3,(H,20,21). The van der Waals surface area contributed by atoms with Crippen LogP contribution >= 0.6 is 0 Å². The zero-order chi connectivity index (χ0) is 15.5. The van der Waals surface area contributed by atoms with Crippen molar-refractivity contribution in [3.8, 4) is 0 Å². The molecule has 1 amide bonds. The lowest BCUT2D eigenvalue weighted by Gasteiger charge is -2.32. The first kappa shape index (κ1) is 15.5. The van der Waals surface area contributed by atoms with Crippen LogP contribution in [0, 0.1) is 0 Å². The van der Waals surface area contributed by atoms with Gasteiger partial charge in [-0.05, 0) is 37.7 Å². The Morgan fingerprint density at radius 2 is 2.00 bits per heavy atom. The van der Waals surface area contributed by atoms with Crippen molar-refractivity contribution < 1.29 is 14.7 Å². The number of carbonyl (C=O) groups excluding carboxylic acids is 1. The van der Waals surface area contributed by atoms with E-state index in [1.165, 1.54) is 0 Å². The molecule has 1 aliphatic rings. The maximum absolute atomic E-state index is 12.6. The average molecular weight is 289 g/mol. The molecule has 1 N–H and O–H groups in total. The van der Waals surface area contributed by atoms with Crippen molar-refractivity contribution in [3.05, 3.63) is 35.9 Å². The lowest BCUT2D eigenvalue weighted by molar-refractivity contribution is -0.155. The summed E-state index contributed by atoms with van der Waals surface area (Å²) in [5, 5.41) is 9.41. The Kier molecular flexibility index (Phi) is 4.66. The molecule has 0 saturated carbocycles. The fraction of sp³-hybridized carbons (Fsp3) is 0.529. The van der Waals surface area contributed by atoms with Crippen molar-refractivity contribution in [2.75, 3.05) is 6.54 Å². The van der Waals surface area contributed by atoms with Crippen LogP contribution in [-0.2, 0) is 9.59 Å². The molecule has 2 atom stereocenters. The number of hydrogen-bond acceptors (Lipinski definition) is 2. The quantitative estimate of drug-likeness (QED) is 0.906. The number of benzene rings is 1. The number of carboxylic acid groups (broad SMARTS) is 1. The van der Waals surface area contributed by atoms with Gasteiger partial charge in [0.2, 0.25) is 5.91 Å². The van der Waals surface area contributed by atoms with E-state index in [4.69, 9.17) is 0 Å². The van der Waals surface area contributed by atoms with E-state index < -0.39 is 11.5 Å². The van der Waals surface area contributed by atoms with Gasteiger partial charge in [-0.25, -0.2) is 4.79 Å². The topological polar surface area (TPSA) is 57.6 Å². The summed E-state index contributed by atoms with van der Waals surface area (Å²) < 4.78 is 0. The number of nitrogens with zero attached hydrogens (tertiary/aromatic N) is 1. The van der Waals surface area contributed by atoms with Crippen LogP contribution in [0.5, 0.6) is 0 Å². The molecule has 1 heterocycles. The summed E-state index contributed by atoms with van der Waals surface area (Å²) in [6, 6.07) is 9.96. The molecule has 1 aromatic rings. The van der Waals surface area contributed by atoms with E-state index >= 15 is 0 Å². The summed E-state index contributed by atoms with van der Waals surface area (Å²) >= 11 is 0. The second-order valence-electron chi connectivity index (χ2n) is 5.95. The van der Waals surface area contributed by atoms with Crippen LogP contribution < -0.4 is 0 Å². The number of likely N-dealkylation sites (tertiary alicyclic amines) is 1. The van der Waals surface area contributed by atoms with Crippen LogP contribution in [-0.4, -0.2) is 34.0 Å². The van der Waals surface area contributed by atoms with Crippen LogP contribution in [0.2, 0.25) is 0 Å². The monoisotopic (exact) mass is 289 g/mol. The molecule has 0 radical (unpaired) electrons. The molecule has 0 bridgehead atoms. The Balaban J connectivity index is 2.11. The van der Waals surface area contributed by atoms with Crippen molar-refractivity contribution in [2.45, 2.75) is 51.0 Å². The second-order valence-corrected chi connectivity index (χ2v) is 5.95. The van der Waals surface area contributed by atoms with Gasteiger partial charge in [0.1, 0.15) is 5.54 Å². The van der Waals surface area contributed by atoms with Gasteiger partial charge in [-0.2, -0.15) is 0 Å². The molecule has 4 heteroatoms. The predicted octanol–water partition coefficient (Wildman–Crippen LogP) is 3.04. The molecular formula is C17H23NO3.